The first kappa shape index (κ1) is 20.0. The lowest BCUT2D eigenvalue weighted by molar-refractivity contribution is -0.134. The second-order valence-corrected chi connectivity index (χ2v) is 4.49. The number of carboxylic acid groups (broad SMARTS) is 2. The van der Waals surface area contributed by atoms with Crippen LogP contribution in [0, 0.1) is 6.92 Å². The molecule has 1 aromatic heterocycles. The first-order chi connectivity index (χ1) is 10.7. The van der Waals surface area contributed by atoms with Crippen molar-refractivity contribution in [2.45, 2.75) is 26.8 Å². The van der Waals surface area contributed by atoms with Gasteiger partial charge < -0.3 is 20.3 Å². The van der Waals surface area contributed by atoms with Crippen LogP contribution in [-0.2, 0) is 14.3 Å². The molecule has 0 radical (unpaired) electrons. The predicted octanol–water partition coefficient (Wildman–Crippen LogP) is 1.10. The number of rotatable bonds is 5. The number of esters is 1. The van der Waals surface area contributed by atoms with E-state index in [0.29, 0.717) is 29.4 Å². The Morgan fingerprint density at radius 3 is 2.09 bits per heavy atom. The summed E-state index contributed by atoms with van der Waals surface area (Å²) in [5.74, 6) is -2.40. The van der Waals surface area contributed by atoms with Crippen molar-refractivity contribution in [1.82, 2.24) is 9.97 Å². The van der Waals surface area contributed by atoms with Crippen LogP contribution >= 0.6 is 0 Å². The van der Waals surface area contributed by atoms with E-state index in [2.05, 4.69) is 20.0 Å². The van der Waals surface area contributed by atoms with Gasteiger partial charge in [0.05, 0.1) is 18.4 Å². The van der Waals surface area contributed by atoms with Gasteiger partial charge in [-0.1, -0.05) is 0 Å². The maximum Gasteiger partial charge on any atom is 0.341 e. The van der Waals surface area contributed by atoms with Crippen LogP contribution in [0.4, 0.5) is 5.95 Å². The van der Waals surface area contributed by atoms with E-state index in [1.807, 2.05) is 13.8 Å². The monoisotopic (exact) mass is 325 g/mol. The molecule has 126 valence electrons. The Bertz CT molecular complexity index is 582. The van der Waals surface area contributed by atoms with Gasteiger partial charge in [-0.2, -0.15) is 0 Å². The maximum absolute atomic E-state index is 11.2. The van der Waals surface area contributed by atoms with Crippen molar-refractivity contribution in [3.63, 3.8) is 0 Å². The number of hydrogen-bond acceptors (Lipinski definition) is 7. The third-order valence-corrected chi connectivity index (χ3v) is 2.17. The topological polar surface area (TPSA) is 139 Å². The van der Waals surface area contributed by atoms with Crippen molar-refractivity contribution in [3.8, 4) is 0 Å². The Morgan fingerprint density at radius 2 is 1.74 bits per heavy atom. The van der Waals surface area contributed by atoms with Gasteiger partial charge in [-0.05, 0) is 20.8 Å². The first-order valence-electron chi connectivity index (χ1n) is 6.49. The van der Waals surface area contributed by atoms with Crippen LogP contribution in [0.1, 0.15) is 29.9 Å². The summed E-state index contributed by atoms with van der Waals surface area (Å²) in [4.78, 5) is 38.5. The Balaban J connectivity index is 0.000000515. The van der Waals surface area contributed by atoms with Crippen molar-refractivity contribution >= 4 is 23.9 Å². The SMILES string of the molecule is COC(=O)c1cnc(NC(C)C)nc1C.O=C(O)C=CC(=O)O. The summed E-state index contributed by atoms with van der Waals surface area (Å²) in [5, 5.41) is 18.7. The number of carboxylic acids is 2. The number of aliphatic carboxylic acids is 2. The second kappa shape index (κ2) is 9.87. The van der Waals surface area contributed by atoms with E-state index in [1.54, 1.807) is 6.92 Å². The lowest BCUT2D eigenvalue weighted by atomic mass is 10.2. The number of nitrogens with zero attached hydrogens (tertiary/aromatic N) is 2. The number of hydrogen-bond donors (Lipinski definition) is 3. The Kier molecular flexibility index (Phi) is 8.60. The average Bonchev–Trinajstić information content (AvgIpc) is 2.44. The van der Waals surface area contributed by atoms with Crippen LogP contribution in [0.3, 0.4) is 0 Å². The number of methoxy groups -OCH3 is 1. The second-order valence-electron chi connectivity index (χ2n) is 4.49. The number of ether oxygens (including phenoxy) is 1. The quantitative estimate of drug-likeness (QED) is 0.536. The molecule has 0 aliphatic carbocycles. The van der Waals surface area contributed by atoms with Crippen LogP contribution in [-0.4, -0.2) is 51.2 Å². The smallest absolute Gasteiger partial charge is 0.341 e. The van der Waals surface area contributed by atoms with E-state index in [9.17, 15) is 14.4 Å². The minimum Gasteiger partial charge on any atom is -0.478 e. The van der Waals surface area contributed by atoms with Gasteiger partial charge in [0.1, 0.15) is 0 Å². The number of carbonyl (C=O) groups is 3. The number of carbonyl (C=O) groups excluding carboxylic acids is 1. The minimum absolute atomic E-state index is 0.258. The molecule has 0 unspecified atom stereocenters. The minimum atomic E-state index is -1.26. The molecule has 0 saturated heterocycles. The highest BCUT2D eigenvalue weighted by Gasteiger charge is 2.11. The zero-order valence-corrected chi connectivity index (χ0v) is 13.2. The molecule has 0 bridgehead atoms. The number of aryl methyl sites for hydroxylation is 1. The third kappa shape index (κ3) is 8.81. The molecule has 0 aliphatic rings. The summed E-state index contributed by atoms with van der Waals surface area (Å²) in [7, 11) is 1.34. The van der Waals surface area contributed by atoms with Crippen molar-refractivity contribution in [2.75, 3.05) is 12.4 Å². The van der Waals surface area contributed by atoms with Gasteiger partial charge in [0, 0.05) is 24.4 Å². The summed E-state index contributed by atoms with van der Waals surface area (Å²) >= 11 is 0. The molecule has 0 fully saturated rings. The van der Waals surface area contributed by atoms with Gasteiger partial charge in [0.2, 0.25) is 5.95 Å². The van der Waals surface area contributed by atoms with E-state index < -0.39 is 17.9 Å². The molecule has 0 saturated carbocycles. The molecule has 0 spiro atoms. The van der Waals surface area contributed by atoms with E-state index in [4.69, 9.17) is 10.2 Å². The predicted molar refractivity (Wildman–Crippen MR) is 81.3 cm³/mol. The van der Waals surface area contributed by atoms with Crippen molar-refractivity contribution in [2.24, 2.45) is 0 Å². The average molecular weight is 325 g/mol. The van der Waals surface area contributed by atoms with Gasteiger partial charge in [-0.15, -0.1) is 0 Å². The van der Waals surface area contributed by atoms with Crippen molar-refractivity contribution < 1.29 is 29.3 Å². The summed E-state index contributed by atoms with van der Waals surface area (Å²) < 4.78 is 4.60. The molecule has 9 nitrogen and oxygen atoms in total. The molecule has 3 N–H and O–H groups in total. The summed E-state index contributed by atoms with van der Waals surface area (Å²) in [6, 6.07) is 0.258. The van der Waals surface area contributed by atoms with Gasteiger partial charge in [-0.25, -0.2) is 24.4 Å². The fraction of sp³-hybridized carbons (Fsp3) is 0.357. The summed E-state index contributed by atoms with van der Waals surface area (Å²) in [6.45, 7) is 5.74. The summed E-state index contributed by atoms with van der Waals surface area (Å²) in [6.07, 6.45) is 2.59. The molecule has 0 aliphatic heterocycles. The van der Waals surface area contributed by atoms with Crippen LogP contribution in [0.25, 0.3) is 0 Å². The van der Waals surface area contributed by atoms with Gasteiger partial charge in [0.15, 0.2) is 0 Å². The van der Waals surface area contributed by atoms with Crippen LogP contribution < -0.4 is 5.32 Å². The zero-order chi connectivity index (χ0) is 18.0. The summed E-state index contributed by atoms with van der Waals surface area (Å²) in [5.41, 5.74) is 1.01. The van der Waals surface area contributed by atoms with Crippen LogP contribution in [0.2, 0.25) is 0 Å². The third-order valence-electron chi connectivity index (χ3n) is 2.17. The highest BCUT2D eigenvalue weighted by molar-refractivity contribution is 5.90. The number of aromatic nitrogens is 2. The van der Waals surface area contributed by atoms with E-state index in [0.717, 1.165) is 0 Å². The fourth-order valence-electron chi connectivity index (χ4n) is 1.25. The highest BCUT2D eigenvalue weighted by atomic mass is 16.5. The van der Waals surface area contributed by atoms with Crippen molar-refractivity contribution in [3.05, 3.63) is 29.6 Å². The van der Waals surface area contributed by atoms with Gasteiger partial charge in [-0.3, -0.25) is 0 Å². The number of nitrogens with one attached hydrogen (secondary N) is 1. The lowest BCUT2D eigenvalue weighted by Crippen LogP contribution is -2.14. The van der Waals surface area contributed by atoms with Gasteiger partial charge >= 0.3 is 17.9 Å². The van der Waals surface area contributed by atoms with E-state index >= 15 is 0 Å². The normalized spacial score (nSPS) is 9.96. The Morgan fingerprint density at radius 1 is 1.22 bits per heavy atom. The van der Waals surface area contributed by atoms with Crippen molar-refractivity contribution in [1.29, 1.82) is 0 Å². The largest absolute Gasteiger partial charge is 0.478 e. The van der Waals surface area contributed by atoms with Crippen LogP contribution in [0.5, 0.6) is 0 Å². The fourth-order valence-corrected chi connectivity index (χ4v) is 1.25. The molecule has 0 amide bonds. The van der Waals surface area contributed by atoms with E-state index in [-0.39, 0.29) is 6.04 Å². The number of anilines is 1. The molecule has 1 rings (SSSR count). The molecule has 0 atom stereocenters. The van der Waals surface area contributed by atoms with E-state index in [1.165, 1.54) is 13.3 Å². The standard InChI is InChI=1S/C10H15N3O2.C4H4O4/c1-6(2)12-10-11-5-8(7(3)13-10)9(14)15-4;5-3(6)1-2-4(7)8/h5-6H,1-4H3,(H,11,12,13);1-2H,(H,5,6)(H,7,8). The highest BCUT2D eigenvalue weighted by Crippen LogP contribution is 2.08. The molecule has 9 heteroatoms. The zero-order valence-electron chi connectivity index (χ0n) is 13.2. The molecular weight excluding hydrogens is 306 g/mol. The first-order valence-corrected chi connectivity index (χ1v) is 6.49. The molecule has 1 heterocycles. The molecular formula is C14H19N3O6. The molecule has 1 aromatic rings. The Labute approximate surface area is 133 Å². The van der Waals surface area contributed by atoms with Crippen LogP contribution in [0.15, 0.2) is 18.3 Å². The maximum atomic E-state index is 11.2. The lowest BCUT2D eigenvalue weighted by Gasteiger charge is -2.09. The molecule has 0 aromatic carbocycles. The molecule has 23 heavy (non-hydrogen) atoms. The Hall–Kier alpha value is -2.97. The van der Waals surface area contributed by atoms with Gasteiger partial charge in [0.25, 0.3) is 0 Å².